The molecule has 0 unspecified atom stereocenters. The molecule has 0 atom stereocenters. The molecule has 1 aromatic rings. The molecule has 22 heavy (non-hydrogen) atoms. The van der Waals surface area contributed by atoms with Crippen LogP contribution in [-0.2, 0) is 19.0 Å². The molecule has 1 aromatic carbocycles. The Bertz CT molecular complexity index is 691. The smallest absolute Gasteiger partial charge is 0.302 e. The van der Waals surface area contributed by atoms with Crippen LogP contribution in [0.1, 0.15) is 31.2 Å². The maximum atomic E-state index is 12.6. The highest BCUT2D eigenvalue weighted by Gasteiger charge is 2.54. The first-order valence-electron chi connectivity index (χ1n) is 7.22. The van der Waals surface area contributed by atoms with Gasteiger partial charge in [-0.3, -0.25) is 9.50 Å². The van der Waals surface area contributed by atoms with E-state index >= 15 is 0 Å². The van der Waals surface area contributed by atoms with Crippen molar-refractivity contribution < 1.29 is 17.3 Å². The van der Waals surface area contributed by atoms with Crippen LogP contribution < -0.4 is 5.32 Å². The van der Waals surface area contributed by atoms with E-state index < -0.39 is 15.7 Å². The summed E-state index contributed by atoms with van der Waals surface area (Å²) < 4.78 is 36.4. The molecule has 1 fully saturated rings. The summed E-state index contributed by atoms with van der Waals surface area (Å²) in [5, 5.41) is 3.43. The van der Waals surface area contributed by atoms with Crippen LogP contribution in [0.25, 0.3) is 4.91 Å². The van der Waals surface area contributed by atoms with Gasteiger partial charge < -0.3 is 4.74 Å². The summed E-state index contributed by atoms with van der Waals surface area (Å²) >= 11 is 5.89. The molecule has 0 bridgehead atoms. The Morgan fingerprint density at radius 1 is 1.27 bits per heavy atom. The lowest BCUT2D eigenvalue weighted by atomic mass is 9.97. The van der Waals surface area contributed by atoms with Crippen LogP contribution in [0.5, 0.6) is 0 Å². The van der Waals surface area contributed by atoms with Crippen LogP contribution in [0.15, 0.2) is 30.0 Å². The zero-order valence-electron chi connectivity index (χ0n) is 12.3. The molecule has 1 spiro atoms. The molecule has 1 saturated carbocycles. The third kappa shape index (κ3) is 2.65. The molecule has 1 N–H and O–H groups in total. The molecule has 1 heterocycles. The average Bonchev–Trinajstić information content (AvgIpc) is 3.01. The first-order chi connectivity index (χ1) is 10.5. The zero-order valence-corrected chi connectivity index (χ0v) is 13.8. The van der Waals surface area contributed by atoms with Gasteiger partial charge in [-0.15, -0.1) is 0 Å². The van der Waals surface area contributed by atoms with Crippen molar-refractivity contribution in [3.05, 3.63) is 40.6 Å². The van der Waals surface area contributed by atoms with Crippen LogP contribution in [0.3, 0.4) is 0 Å². The molecule has 7 heteroatoms. The summed E-state index contributed by atoms with van der Waals surface area (Å²) in [6.45, 7) is 0.229. The fourth-order valence-corrected chi connectivity index (χ4v) is 4.85. The van der Waals surface area contributed by atoms with Gasteiger partial charge in [0.1, 0.15) is 17.2 Å². The molecule has 0 amide bonds. The molecule has 5 nitrogen and oxygen atoms in total. The first-order valence-corrected chi connectivity index (χ1v) is 9.01. The fourth-order valence-electron chi connectivity index (χ4n) is 3.08. The highest BCUT2D eigenvalue weighted by molar-refractivity contribution is 7.96. The van der Waals surface area contributed by atoms with E-state index in [4.69, 9.17) is 20.5 Å². The number of rotatable bonds is 4. The molecule has 0 saturated heterocycles. The summed E-state index contributed by atoms with van der Waals surface area (Å²) in [6.07, 6.45) is 3.16. The van der Waals surface area contributed by atoms with Crippen LogP contribution in [0, 0.1) is 0 Å². The summed E-state index contributed by atoms with van der Waals surface area (Å²) in [4.78, 5) is 0.126. The zero-order chi connectivity index (χ0) is 15.8. The van der Waals surface area contributed by atoms with E-state index in [1.165, 1.54) is 0 Å². The third-order valence-electron chi connectivity index (χ3n) is 4.02. The molecular formula is C15H18ClNO4S. The number of nitrogens with one attached hydrogen (secondary N) is 1. The highest BCUT2D eigenvalue weighted by atomic mass is 35.5. The maximum absolute atomic E-state index is 12.6. The standard InChI is InChI=1S/C15H18ClNO4S/c1-17-10-20-14-13(11-4-6-12(16)7-5-11)22(18,19)21-15(14)8-2-3-9-15/h4-7,17H,2-3,8-10H2,1H3. The molecule has 0 radical (unpaired) electrons. The van der Waals surface area contributed by atoms with Gasteiger partial charge in [-0.2, -0.15) is 8.42 Å². The molecule has 2 aliphatic rings. The second kappa shape index (κ2) is 5.85. The number of ether oxygens (including phenoxy) is 1. The normalized spacial score (nSPS) is 22.5. The average molecular weight is 344 g/mol. The third-order valence-corrected chi connectivity index (χ3v) is 5.73. The molecule has 1 aliphatic heterocycles. The summed E-state index contributed by atoms with van der Waals surface area (Å²) in [6, 6.07) is 6.67. The molecule has 1 aliphatic carbocycles. The van der Waals surface area contributed by atoms with Gasteiger partial charge in [0.25, 0.3) is 0 Å². The Labute approximate surface area is 135 Å². The fraction of sp³-hybridized carbons (Fsp3) is 0.467. The topological polar surface area (TPSA) is 64.6 Å². The van der Waals surface area contributed by atoms with E-state index in [0.29, 0.717) is 29.2 Å². The first kappa shape index (κ1) is 15.8. The van der Waals surface area contributed by atoms with Gasteiger partial charge in [0.15, 0.2) is 5.76 Å². The number of hydrogen-bond acceptors (Lipinski definition) is 5. The van der Waals surface area contributed by atoms with Crippen molar-refractivity contribution in [1.29, 1.82) is 0 Å². The van der Waals surface area contributed by atoms with Gasteiger partial charge in [0.2, 0.25) is 0 Å². The van der Waals surface area contributed by atoms with E-state index in [1.807, 2.05) is 0 Å². The predicted molar refractivity (Wildman–Crippen MR) is 84.6 cm³/mol. The second-order valence-corrected chi connectivity index (χ2v) is 7.47. The Kier molecular flexibility index (Phi) is 4.20. The second-order valence-electron chi connectivity index (χ2n) is 5.55. The quantitative estimate of drug-likeness (QED) is 0.672. The largest absolute Gasteiger partial charge is 0.478 e. The van der Waals surface area contributed by atoms with Crippen LogP contribution >= 0.6 is 11.6 Å². The SMILES string of the molecule is CNCOC1=C(c2ccc(Cl)cc2)S(=O)(=O)OC12CCCC2. The van der Waals surface area contributed by atoms with Crippen LogP contribution in [0.2, 0.25) is 5.02 Å². The van der Waals surface area contributed by atoms with E-state index in [-0.39, 0.29) is 11.6 Å². The molecule has 3 rings (SSSR count). The van der Waals surface area contributed by atoms with Crippen molar-refractivity contribution in [1.82, 2.24) is 5.32 Å². The van der Waals surface area contributed by atoms with Crippen LogP contribution in [-0.4, -0.2) is 27.8 Å². The molecule has 0 aromatic heterocycles. The van der Waals surface area contributed by atoms with Gasteiger partial charge in [0, 0.05) is 5.02 Å². The van der Waals surface area contributed by atoms with Gasteiger partial charge >= 0.3 is 10.1 Å². The van der Waals surface area contributed by atoms with Crippen molar-refractivity contribution in [3.8, 4) is 0 Å². The monoisotopic (exact) mass is 343 g/mol. The lowest BCUT2D eigenvalue weighted by molar-refractivity contribution is 0.0507. The lowest BCUT2D eigenvalue weighted by Gasteiger charge is -2.24. The summed E-state index contributed by atoms with van der Waals surface area (Å²) in [5.41, 5.74) is -0.302. The Morgan fingerprint density at radius 3 is 2.50 bits per heavy atom. The minimum atomic E-state index is -3.84. The molecule has 120 valence electrons. The Morgan fingerprint density at radius 2 is 1.91 bits per heavy atom. The van der Waals surface area contributed by atoms with E-state index in [0.717, 1.165) is 12.8 Å². The van der Waals surface area contributed by atoms with Gasteiger partial charge in [0.05, 0.1) is 0 Å². The summed E-state index contributed by atoms with van der Waals surface area (Å²) in [7, 11) is -2.10. The molecular weight excluding hydrogens is 326 g/mol. The van der Waals surface area contributed by atoms with Crippen molar-refractivity contribution >= 4 is 26.6 Å². The number of benzene rings is 1. The van der Waals surface area contributed by atoms with Crippen molar-refractivity contribution in [2.45, 2.75) is 31.3 Å². The van der Waals surface area contributed by atoms with E-state index in [9.17, 15) is 8.42 Å². The Hall–Kier alpha value is -1.08. The van der Waals surface area contributed by atoms with Gasteiger partial charge in [-0.1, -0.05) is 23.7 Å². The van der Waals surface area contributed by atoms with E-state index in [1.54, 1.807) is 31.3 Å². The number of hydrogen-bond donors (Lipinski definition) is 1. The predicted octanol–water partition coefficient (Wildman–Crippen LogP) is 2.87. The summed E-state index contributed by atoms with van der Waals surface area (Å²) in [5.74, 6) is 0.418. The minimum absolute atomic E-state index is 0.126. The Balaban J connectivity index is 2.15. The highest BCUT2D eigenvalue weighted by Crippen LogP contribution is 2.51. The number of halogens is 1. The van der Waals surface area contributed by atoms with E-state index in [2.05, 4.69) is 5.32 Å². The van der Waals surface area contributed by atoms with Crippen molar-refractivity contribution in [3.63, 3.8) is 0 Å². The minimum Gasteiger partial charge on any atom is -0.478 e. The van der Waals surface area contributed by atoms with Crippen molar-refractivity contribution in [2.75, 3.05) is 13.8 Å². The van der Waals surface area contributed by atoms with Gasteiger partial charge in [-0.25, -0.2) is 0 Å². The van der Waals surface area contributed by atoms with Crippen LogP contribution in [0.4, 0.5) is 0 Å². The lowest BCUT2D eigenvalue weighted by Crippen LogP contribution is -2.30. The van der Waals surface area contributed by atoms with Crippen molar-refractivity contribution in [2.24, 2.45) is 0 Å². The maximum Gasteiger partial charge on any atom is 0.302 e. The van der Waals surface area contributed by atoms with Gasteiger partial charge in [-0.05, 0) is 50.4 Å².